The van der Waals surface area contributed by atoms with Gasteiger partial charge in [0.25, 0.3) is 5.91 Å². The Morgan fingerprint density at radius 3 is 2.55 bits per heavy atom. The molecule has 112 valence electrons. The van der Waals surface area contributed by atoms with E-state index in [1.807, 2.05) is 13.8 Å². The number of hydrogen-bond donors (Lipinski definition) is 2. The van der Waals surface area contributed by atoms with Crippen LogP contribution in [-0.4, -0.2) is 28.7 Å². The summed E-state index contributed by atoms with van der Waals surface area (Å²) in [4.78, 5) is 12.5. The second kappa shape index (κ2) is 6.79. The molecule has 0 fully saturated rings. The maximum absolute atomic E-state index is 12.5. The highest BCUT2D eigenvalue weighted by atomic mass is 16.1. The summed E-state index contributed by atoms with van der Waals surface area (Å²) >= 11 is 0. The van der Waals surface area contributed by atoms with E-state index >= 15 is 0 Å². The van der Waals surface area contributed by atoms with Gasteiger partial charge in [-0.15, -0.1) is 0 Å². The lowest BCUT2D eigenvalue weighted by atomic mass is 9.84. The second-order valence-electron chi connectivity index (χ2n) is 6.17. The van der Waals surface area contributed by atoms with Gasteiger partial charge >= 0.3 is 0 Å². The molecule has 5 nitrogen and oxygen atoms in total. The lowest BCUT2D eigenvalue weighted by Gasteiger charge is -2.31. The Hall–Kier alpha value is -1.49. The van der Waals surface area contributed by atoms with Gasteiger partial charge in [-0.1, -0.05) is 27.7 Å². The van der Waals surface area contributed by atoms with E-state index in [2.05, 4.69) is 36.3 Å². The van der Waals surface area contributed by atoms with Crippen LogP contribution < -0.4 is 11.1 Å². The third kappa shape index (κ3) is 4.27. The molecule has 1 unspecified atom stereocenters. The van der Waals surface area contributed by atoms with E-state index in [9.17, 15) is 4.79 Å². The van der Waals surface area contributed by atoms with Crippen molar-refractivity contribution >= 4 is 5.91 Å². The van der Waals surface area contributed by atoms with E-state index in [0.717, 1.165) is 17.8 Å². The van der Waals surface area contributed by atoms with E-state index in [4.69, 9.17) is 5.73 Å². The molecule has 0 saturated carbocycles. The van der Waals surface area contributed by atoms with Crippen LogP contribution >= 0.6 is 0 Å². The van der Waals surface area contributed by atoms with Gasteiger partial charge in [0.15, 0.2) is 0 Å². The van der Waals surface area contributed by atoms with Crippen LogP contribution in [0.2, 0.25) is 0 Å². The van der Waals surface area contributed by atoms with E-state index in [-0.39, 0.29) is 17.4 Å². The Morgan fingerprint density at radius 1 is 1.40 bits per heavy atom. The van der Waals surface area contributed by atoms with Crippen LogP contribution in [0.15, 0.2) is 6.07 Å². The lowest BCUT2D eigenvalue weighted by molar-refractivity contribution is 0.0897. The number of aromatic nitrogens is 2. The van der Waals surface area contributed by atoms with Gasteiger partial charge in [-0.2, -0.15) is 10.2 Å². The zero-order chi connectivity index (χ0) is 15.3. The molecule has 3 N–H and O–H groups in total. The van der Waals surface area contributed by atoms with Crippen LogP contribution in [0, 0.1) is 12.3 Å². The van der Waals surface area contributed by atoms with Crippen LogP contribution in [0.1, 0.15) is 55.9 Å². The molecule has 0 aliphatic heterocycles. The van der Waals surface area contributed by atoms with Crippen molar-refractivity contribution in [2.45, 2.75) is 53.5 Å². The summed E-state index contributed by atoms with van der Waals surface area (Å²) in [7, 11) is 0. The molecule has 0 aliphatic rings. The fraction of sp³-hybridized carbons (Fsp3) is 0.667. The monoisotopic (exact) mass is 278 g/mol. The SMILES string of the molecule is CCc1nnc(C)cc1C(=O)NC(CCN)C(C)(C)C. The van der Waals surface area contributed by atoms with Gasteiger partial charge in [-0.3, -0.25) is 4.79 Å². The minimum atomic E-state index is -0.0896. The van der Waals surface area contributed by atoms with Crippen molar-refractivity contribution in [1.82, 2.24) is 15.5 Å². The first-order chi connectivity index (χ1) is 9.29. The minimum Gasteiger partial charge on any atom is -0.349 e. The normalized spacial score (nSPS) is 13.1. The topological polar surface area (TPSA) is 80.9 Å². The summed E-state index contributed by atoms with van der Waals surface area (Å²) in [5.41, 5.74) is 7.71. The van der Waals surface area contributed by atoms with Gasteiger partial charge < -0.3 is 11.1 Å². The Balaban J connectivity index is 2.97. The standard InChI is InChI=1S/C15H26N4O/c1-6-12-11(9-10(2)18-19-12)14(20)17-13(7-8-16)15(3,4)5/h9,13H,6-8,16H2,1-5H3,(H,17,20). The molecule has 0 bridgehead atoms. The van der Waals surface area contributed by atoms with Crippen LogP contribution in [0.5, 0.6) is 0 Å². The first-order valence-electron chi connectivity index (χ1n) is 7.13. The Morgan fingerprint density at radius 2 is 2.05 bits per heavy atom. The molecule has 0 radical (unpaired) electrons. The van der Waals surface area contributed by atoms with E-state index in [1.165, 1.54) is 0 Å². The molecule has 20 heavy (non-hydrogen) atoms. The predicted molar refractivity (Wildman–Crippen MR) is 80.5 cm³/mol. The fourth-order valence-electron chi connectivity index (χ4n) is 2.10. The number of carbonyl (C=O) groups is 1. The van der Waals surface area contributed by atoms with Gasteiger partial charge in [0.1, 0.15) is 0 Å². The number of nitrogens with zero attached hydrogens (tertiary/aromatic N) is 2. The lowest BCUT2D eigenvalue weighted by Crippen LogP contribution is -2.45. The smallest absolute Gasteiger partial charge is 0.253 e. The third-order valence-corrected chi connectivity index (χ3v) is 3.38. The van der Waals surface area contributed by atoms with Crippen molar-refractivity contribution < 1.29 is 4.79 Å². The molecule has 1 aromatic rings. The first-order valence-corrected chi connectivity index (χ1v) is 7.13. The van der Waals surface area contributed by atoms with Crippen LogP contribution in [0.3, 0.4) is 0 Å². The number of aryl methyl sites for hydroxylation is 2. The summed E-state index contributed by atoms with van der Waals surface area (Å²) in [6.45, 7) is 10.7. The van der Waals surface area contributed by atoms with Gasteiger partial charge in [0.05, 0.1) is 17.0 Å². The molecule has 1 atom stereocenters. The van der Waals surface area contributed by atoms with Gasteiger partial charge in [0, 0.05) is 6.04 Å². The van der Waals surface area contributed by atoms with Crippen molar-refractivity contribution in [1.29, 1.82) is 0 Å². The van der Waals surface area contributed by atoms with Gasteiger partial charge in [-0.25, -0.2) is 0 Å². The summed E-state index contributed by atoms with van der Waals surface area (Å²) in [6.07, 6.45) is 1.45. The fourth-order valence-corrected chi connectivity index (χ4v) is 2.10. The molecule has 1 rings (SSSR count). The molecule has 0 spiro atoms. The highest BCUT2D eigenvalue weighted by Gasteiger charge is 2.26. The van der Waals surface area contributed by atoms with Crippen LogP contribution in [0.4, 0.5) is 0 Å². The van der Waals surface area contributed by atoms with Gasteiger partial charge in [0.2, 0.25) is 0 Å². The van der Waals surface area contributed by atoms with E-state index < -0.39 is 0 Å². The van der Waals surface area contributed by atoms with E-state index in [0.29, 0.717) is 18.5 Å². The second-order valence-corrected chi connectivity index (χ2v) is 6.17. The molecule has 0 aliphatic carbocycles. The molecular formula is C15H26N4O. The maximum atomic E-state index is 12.5. The van der Waals surface area contributed by atoms with Crippen molar-refractivity contribution in [2.75, 3.05) is 6.54 Å². The number of carbonyl (C=O) groups excluding carboxylic acids is 1. The highest BCUT2D eigenvalue weighted by molar-refractivity contribution is 5.95. The molecule has 1 amide bonds. The first kappa shape index (κ1) is 16.6. The van der Waals surface area contributed by atoms with Crippen molar-refractivity contribution in [3.05, 3.63) is 23.0 Å². The molecule has 0 saturated heterocycles. The molecule has 1 aromatic heterocycles. The Labute approximate surface area is 121 Å². The summed E-state index contributed by atoms with van der Waals surface area (Å²) in [5, 5.41) is 11.2. The third-order valence-electron chi connectivity index (χ3n) is 3.38. The number of hydrogen-bond acceptors (Lipinski definition) is 4. The quantitative estimate of drug-likeness (QED) is 0.861. The number of rotatable bonds is 5. The van der Waals surface area contributed by atoms with Crippen LogP contribution in [0.25, 0.3) is 0 Å². The minimum absolute atomic E-state index is 0.0308. The average Bonchev–Trinajstić information content (AvgIpc) is 2.37. The zero-order valence-electron chi connectivity index (χ0n) is 13.2. The van der Waals surface area contributed by atoms with Gasteiger partial charge in [-0.05, 0) is 37.8 Å². The Bertz CT molecular complexity index is 465. The maximum Gasteiger partial charge on any atom is 0.253 e. The Kier molecular flexibility index (Phi) is 5.62. The number of nitrogens with one attached hydrogen (secondary N) is 1. The van der Waals surface area contributed by atoms with E-state index in [1.54, 1.807) is 6.07 Å². The number of nitrogens with two attached hydrogens (primary N) is 1. The summed E-state index contributed by atoms with van der Waals surface area (Å²) < 4.78 is 0. The molecular weight excluding hydrogens is 252 g/mol. The number of amides is 1. The van der Waals surface area contributed by atoms with Crippen molar-refractivity contribution in [2.24, 2.45) is 11.1 Å². The average molecular weight is 278 g/mol. The molecule has 0 aromatic carbocycles. The van der Waals surface area contributed by atoms with Crippen LogP contribution in [-0.2, 0) is 6.42 Å². The molecule has 5 heteroatoms. The van der Waals surface area contributed by atoms with Crippen molar-refractivity contribution in [3.63, 3.8) is 0 Å². The van der Waals surface area contributed by atoms with Crippen molar-refractivity contribution in [3.8, 4) is 0 Å². The summed E-state index contributed by atoms with van der Waals surface area (Å²) in [6, 6.07) is 1.83. The largest absolute Gasteiger partial charge is 0.349 e. The molecule has 1 heterocycles. The zero-order valence-corrected chi connectivity index (χ0v) is 13.2. The predicted octanol–water partition coefficient (Wildman–Crippen LogP) is 1.84. The summed E-state index contributed by atoms with van der Waals surface area (Å²) in [5.74, 6) is -0.0896. The highest BCUT2D eigenvalue weighted by Crippen LogP contribution is 2.22.